The lowest BCUT2D eigenvalue weighted by Gasteiger charge is -2.13. The molecule has 3 nitrogen and oxygen atoms in total. The first-order valence-electron chi connectivity index (χ1n) is 6.84. The Hall–Kier alpha value is -1.82. The van der Waals surface area contributed by atoms with Crippen LogP contribution in [0.15, 0.2) is 36.7 Å². The van der Waals surface area contributed by atoms with E-state index >= 15 is 0 Å². The highest BCUT2D eigenvalue weighted by atomic mass is 19.4. The van der Waals surface area contributed by atoms with Gasteiger partial charge in [-0.15, -0.1) is 0 Å². The van der Waals surface area contributed by atoms with Crippen LogP contribution in [-0.4, -0.2) is 9.78 Å². The first-order chi connectivity index (χ1) is 9.90. The molecule has 1 heterocycles. The van der Waals surface area contributed by atoms with E-state index in [1.165, 1.54) is 10.2 Å². The average molecular weight is 297 g/mol. The Balaban J connectivity index is 2.03. The standard InChI is InChI=1S/C15H18F3N3/c1-2-3-11-4-6-12(7-5-11)14(19)10-21-9-13(8-20-21)15(16,17)18/h4-9,14H,2-3,10,19H2,1H3. The fraction of sp³-hybridized carbons (Fsp3) is 0.400. The van der Waals surface area contributed by atoms with Crippen molar-refractivity contribution in [2.75, 3.05) is 0 Å². The average Bonchev–Trinajstić information content (AvgIpc) is 2.88. The maximum Gasteiger partial charge on any atom is 0.419 e. The van der Waals surface area contributed by atoms with Crippen LogP contribution in [0.4, 0.5) is 13.2 Å². The van der Waals surface area contributed by atoms with Crippen LogP contribution in [0, 0.1) is 0 Å². The third-order valence-electron chi connectivity index (χ3n) is 3.29. The minimum absolute atomic E-state index is 0.212. The zero-order chi connectivity index (χ0) is 15.5. The molecule has 1 aromatic carbocycles. The molecule has 0 aliphatic carbocycles. The molecule has 21 heavy (non-hydrogen) atoms. The first kappa shape index (κ1) is 15.6. The molecule has 1 atom stereocenters. The summed E-state index contributed by atoms with van der Waals surface area (Å²) in [7, 11) is 0. The fourth-order valence-electron chi connectivity index (χ4n) is 2.14. The van der Waals surface area contributed by atoms with Gasteiger partial charge >= 0.3 is 6.18 Å². The van der Waals surface area contributed by atoms with Crippen molar-refractivity contribution in [2.24, 2.45) is 5.73 Å². The van der Waals surface area contributed by atoms with Crippen molar-refractivity contribution in [3.8, 4) is 0 Å². The number of aromatic nitrogens is 2. The molecule has 2 rings (SSSR count). The molecule has 0 bridgehead atoms. The molecule has 6 heteroatoms. The molecular weight excluding hydrogens is 279 g/mol. The Morgan fingerprint density at radius 1 is 1.24 bits per heavy atom. The Kier molecular flexibility index (Phi) is 4.67. The summed E-state index contributed by atoms with van der Waals surface area (Å²) in [6, 6.07) is 7.46. The van der Waals surface area contributed by atoms with E-state index in [-0.39, 0.29) is 12.6 Å². The number of aryl methyl sites for hydroxylation is 1. The number of hydrogen-bond donors (Lipinski definition) is 1. The monoisotopic (exact) mass is 297 g/mol. The second-order valence-electron chi connectivity index (χ2n) is 5.05. The molecule has 0 spiro atoms. The van der Waals surface area contributed by atoms with E-state index < -0.39 is 11.7 Å². The van der Waals surface area contributed by atoms with Gasteiger partial charge in [-0.1, -0.05) is 37.6 Å². The zero-order valence-corrected chi connectivity index (χ0v) is 11.8. The van der Waals surface area contributed by atoms with E-state index in [9.17, 15) is 13.2 Å². The van der Waals surface area contributed by atoms with Crippen molar-refractivity contribution in [1.29, 1.82) is 0 Å². The molecule has 1 unspecified atom stereocenters. The van der Waals surface area contributed by atoms with E-state index in [2.05, 4.69) is 12.0 Å². The van der Waals surface area contributed by atoms with Gasteiger partial charge in [0.1, 0.15) is 0 Å². The number of rotatable bonds is 5. The lowest BCUT2D eigenvalue weighted by atomic mass is 10.0. The highest BCUT2D eigenvalue weighted by molar-refractivity contribution is 5.25. The maximum atomic E-state index is 12.5. The van der Waals surface area contributed by atoms with Gasteiger partial charge in [-0.3, -0.25) is 4.68 Å². The van der Waals surface area contributed by atoms with Crippen molar-refractivity contribution in [3.63, 3.8) is 0 Å². The third-order valence-corrected chi connectivity index (χ3v) is 3.29. The Morgan fingerprint density at radius 3 is 2.43 bits per heavy atom. The van der Waals surface area contributed by atoms with Crippen LogP contribution in [0.5, 0.6) is 0 Å². The summed E-state index contributed by atoms with van der Waals surface area (Å²) in [5.74, 6) is 0. The lowest BCUT2D eigenvalue weighted by molar-refractivity contribution is -0.137. The van der Waals surface area contributed by atoms with E-state index in [1.54, 1.807) is 0 Å². The number of benzene rings is 1. The summed E-state index contributed by atoms with van der Waals surface area (Å²) in [6.45, 7) is 2.32. The predicted molar refractivity (Wildman–Crippen MR) is 74.6 cm³/mol. The van der Waals surface area contributed by atoms with Gasteiger partial charge in [0.05, 0.1) is 18.3 Å². The van der Waals surface area contributed by atoms with Crippen molar-refractivity contribution in [1.82, 2.24) is 9.78 Å². The maximum absolute atomic E-state index is 12.5. The fourth-order valence-corrected chi connectivity index (χ4v) is 2.14. The molecular formula is C15H18F3N3. The SMILES string of the molecule is CCCc1ccc(C(N)Cn2cc(C(F)(F)F)cn2)cc1. The summed E-state index contributed by atoms with van der Waals surface area (Å²) in [5, 5.41) is 3.71. The molecule has 0 radical (unpaired) electrons. The summed E-state index contributed by atoms with van der Waals surface area (Å²) in [5.41, 5.74) is 7.39. The quantitative estimate of drug-likeness (QED) is 0.917. The first-order valence-corrected chi connectivity index (χ1v) is 6.84. The van der Waals surface area contributed by atoms with Crippen LogP contribution in [0.2, 0.25) is 0 Å². The van der Waals surface area contributed by atoms with Gasteiger partial charge in [-0.05, 0) is 17.5 Å². The Labute approximate surface area is 121 Å². The van der Waals surface area contributed by atoms with E-state index in [4.69, 9.17) is 5.73 Å². The smallest absolute Gasteiger partial charge is 0.322 e. The minimum atomic E-state index is -4.37. The van der Waals surface area contributed by atoms with E-state index in [0.717, 1.165) is 30.8 Å². The van der Waals surface area contributed by atoms with Gasteiger partial charge in [0.25, 0.3) is 0 Å². The minimum Gasteiger partial charge on any atom is -0.322 e. The van der Waals surface area contributed by atoms with Crippen LogP contribution in [0.3, 0.4) is 0 Å². The van der Waals surface area contributed by atoms with Gasteiger partial charge in [-0.25, -0.2) is 0 Å². The molecule has 2 N–H and O–H groups in total. The molecule has 0 fully saturated rings. The topological polar surface area (TPSA) is 43.8 Å². The van der Waals surface area contributed by atoms with Crippen LogP contribution >= 0.6 is 0 Å². The van der Waals surface area contributed by atoms with Gasteiger partial charge in [-0.2, -0.15) is 18.3 Å². The second kappa shape index (κ2) is 6.30. The largest absolute Gasteiger partial charge is 0.419 e. The summed E-state index contributed by atoms with van der Waals surface area (Å²) < 4.78 is 38.7. The van der Waals surface area contributed by atoms with Crippen LogP contribution in [0.1, 0.15) is 36.1 Å². The molecule has 0 saturated carbocycles. The van der Waals surface area contributed by atoms with Gasteiger partial charge in [0.2, 0.25) is 0 Å². The Bertz CT molecular complexity index is 573. The van der Waals surface area contributed by atoms with Gasteiger partial charge in [0.15, 0.2) is 0 Å². The van der Waals surface area contributed by atoms with E-state index in [0.29, 0.717) is 0 Å². The van der Waals surface area contributed by atoms with E-state index in [1.807, 2.05) is 24.3 Å². The number of hydrogen-bond acceptors (Lipinski definition) is 2. The van der Waals surface area contributed by atoms with Crippen molar-refractivity contribution < 1.29 is 13.2 Å². The third kappa shape index (κ3) is 4.07. The number of nitrogens with two attached hydrogens (primary N) is 1. The van der Waals surface area contributed by atoms with Gasteiger partial charge in [0, 0.05) is 12.2 Å². The normalized spacial score (nSPS) is 13.4. The Morgan fingerprint density at radius 2 is 1.90 bits per heavy atom. The number of alkyl halides is 3. The molecule has 0 amide bonds. The second-order valence-corrected chi connectivity index (χ2v) is 5.05. The summed E-state index contributed by atoms with van der Waals surface area (Å²) in [6.07, 6.45) is -0.505. The molecule has 0 saturated heterocycles. The highest BCUT2D eigenvalue weighted by Gasteiger charge is 2.32. The van der Waals surface area contributed by atoms with Crippen LogP contribution < -0.4 is 5.73 Å². The van der Waals surface area contributed by atoms with Crippen LogP contribution in [0.25, 0.3) is 0 Å². The lowest BCUT2D eigenvalue weighted by Crippen LogP contribution is -2.18. The molecule has 0 aliphatic rings. The highest BCUT2D eigenvalue weighted by Crippen LogP contribution is 2.28. The molecule has 2 aromatic rings. The van der Waals surface area contributed by atoms with Crippen molar-refractivity contribution in [2.45, 2.75) is 38.5 Å². The number of nitrogens with zero attached hydrogens (tertiary/aromatic N) is 2. The molecule has 0 aliphatic heterocycles. The summed E-state index contributed by atoms with van der Waals surface area (Å²) >= 11 is 0. The predicted octanol–water partition coefficient (Wildman–Crippen LogP) is 3.55. The van der Waals surface area contributed by atoms with Crippen LogP contribution in [-0.2, 0) is 19.1 Å². The van der Waals surface area contributed by atoms with Crippen molar-refractivity contribution in [3.05, 3.63) is 53.3 Å². The number of halogens is 3. The molecule has 1 aromatic heterocycles. The molecule has 114 valence electrons. The zero-order valence-electron chi connectivity index (χ0n) is 11.8. The summed E-state index contributed by atoms with van der Waals surface area (Å²) in [4.78, 5) is 0. The van der Waals surface area contributed by atoms with Crippen molar-refractivity contribution >= 4 is 0 Å². The van der Waals surface area contributed by atoms with Gasteiger partial charge < -0.3 is 5.73 Å².